The third kappa shape index (κ3) is 13.6. The van der Waals surface area contributed by atoms with Crippen molar-refractivity contribution >= 4 is 103 Å². The summed E-state index contributed by atoms with van der Waals surface area (Å²) in [5.41, 5.74) is 0. The average Bonchev–Trinajstić information content (AvgIpc) is 3.27. The van der Waals surface area contributed by atoms with E-state index in [1.54, 1.807) is 7.06 Å². The second kappa shape index (κ2) is 14.9. The van der Waals surface area contributed by atoms with Gasteiger partial charge in [0.05, 0.1) is 0 Å². The molecule has 1 aliphatic heterocycles. The van der Waals surface area contributed by atoms with Crippen molar-refractivity contribution in [2.75, 3.05) is 5.75 Å². The fourth-order valence-corrected chi connectivity index (χ4v) is 3.40. The minimum atomic E-state index is -0.684. The number of rotatable bonds is 17. The van der Waals surface area contributed by atoms with Crippen LogP contribution in [0.2, 0.25) is 6.32 Å². The molecule has 1 N–H and O–H groups in total. The summed E-state index contributed by atoms with van der Waals surface area (Å²) in [5.74, 6) is 0.466. The van der Waals surface area contributed by atoms with E-state index in [1.165, 1.54) is 13.4 Å². The zero-order valence-corrected chi connectivity index (χ0v) is 14.3. The molecule has 0 saturated carbocycles. The van der Waals surface area contributed by atoms with Crippen molar-refractivity contribution in [1.29, 1.82) is 0 Å². The van der Waals surface area contributed by atoms with Crippen molar-refractivity contribution in [3.05, 3.63) is 0 Å². The number of carboxylic acid groups (broad SMARTS) is 1. The van der Waals surface area contributed by atoms with Crippen molar-refractivity contribution < 1.29 is 9.90 Å². The molecular formula is C8H14B12O2S. The highest BCUT2D eigenvalue weighted by Crippen LogP contribution is 2.34. The van der Waals surface area contributed by atoms with E-state index in [1.807, 2.05) is 47.1 Å². The zero-order valence-electron chi connectivity index (χ0n) is 13.5. The SMILES string of the molecule is [B][B][B][B][B][B][B][B][B][B][B]B1CC1SCCCCCC(=O)O. The molecule has 23 heavy (non-hydrogen) atoms. The Labute approximate surface area is 155 Å². The maximum Gasteiger partial charge on any atom is 0.303 e. The Morgan fingerprint density at radius 1 is 1.04 bits per heavy atom. The Kier molecular flexibility index (Phi) is 14.0. The minimum absolute atomic E-state index is 0.305. The highest BCUT2D eigenvalue weighted by molar-refractivity contribution is 8.03. The summed E-state index contributed by atoms with van der Waals surface area (Å²) in [6.45, 7) is 0.710. The number of unbranched alkanes of at least 4 members (excludes halogenated alkanes) is 2. The summed E-state index contributed by atoms with van der Waals surface area (Å²) in [4.78, 5) is 10.4. The molecule has 1 unspecified atom stereocenters. The van der Waals surface area contributed by atoms with Crippen LogP contribution in [0.1, 0.15) is 25.7 Å². The highest BCUT2D eigenvalue weighted by Gasteiger charge is 2.38. The summed E-state index contributed by atoms with van der Waals surface area (Å²) in [5, 5.41) is 9.32. The number of carbonyl (C=O) groups is 1. The van der Waals surface area contributed by atoms with Crippen LogP contribution in [0.15, 0.2) is 0 Å². The van der Waals surface area contributed by atoms with Crippen LogP contribution in [0.4, 0.5) is 0 Å². The molecule has 100 valence electrons. The van der Waals surface area contributed by atoms with Crippen LogP contribution < -0.4 is 0 Å². The van der Waals surface area contributed by atoms with Crippen molar-refractivity contribution in [1.82, 2.24) is 0 Å². The summed E-state index contributed by atoms with van der Waals surface area (Å²) in [7, 11) is 24.7. The maximum absolute atomic E-state index is 10.4. The van der Waals surface area contributed by atoms with Crippen LogP contribution in [0.25, 0.3) is 0 Å². The van der Waals surface area contributed by atoms with Gasteiger partial charge in [-0.2, -0.15) is 11.8 Å². The van der Waals surface area contributed by atoms with Gasteiger partial charge in [0.25, 0.3) is 0 Å². The van der Waals surface area contributed by atoms with E-state index in [2.05, 4.69) is 21.2 Å². The maximum atomic E-state index is 10.4. The summed E-state index contributed by atoms with van der Waals surface area (Å²) in [6, 6.07) is 0. The topological polar surface area (TPSA) is 37.3 Å². The normalized spacial score (nSPS) is 15.0. The predicted molar refractivity (Wildman–Crippen MR) is 116 cm³/mol. The number of hydrogen-bond donors (Lipinski definition) is 1. The Hall–Kier alpha value is 0.599. The highest BCUT2D eigenvalue weighted by atomic mass is 32.2. The first-order valence-corrected chi connectivity index (χ1v) is 9.17. The lowest BCUT2D eigenvalue weighted by Gasteiger charge is -2.00. The quantitative estimate of drug-likeness (QED) is 0.241. The van der Waals surface area contributed by atoms with Crippen LogP contribution in [0, 0.1) is 0 Å². The van der Waals surface area contributed by atoms with E-state index < -0.39 is 5.97 Å². The minimum Gasteiger partial charge on any atom is -0.481 e. The van der Waals surface area contributed by atoms with Crippen molar-refractivity contribution in [2.24, 2.45) is 0 Å². The van der Waals surface area contributed by atoms with Crippen LogP contribution in [0.3, 0.4) is 0 Å². The predicted octanol–water partition coefficient (Wildman–Crippen LogP) is -2.36. The van der Waals surface area contributed by atoms with Crippen LogP contribution in [0.5, 0.6) is 0 Å². The zero-order chi connectivity index (χ0) is 16.8. The van der Waals surface area contributed by atoms with Gasteiger partial charge in [-0.3, -0.25) is 4.79 Å². The molecule has 1 rings (SSSR count). The molecule has 1 aliphatic rings. The Morgan fingerprint density at radius 3 is 2.35 bits per heavy atom. The van der Waals surface area contributed by atoms with Crippen molar-refractivity contribution in [3.8, 4) is 0 Å². The molecular weight excluding hydrogens is 290 g/mol. The van der Waals surface area contributed by atoms with Gasteiger partial charge < -0.3 is 5.11 Å². The van der Waals surface area contributed by atoms with Crippen LogP contribution >= 0.6 is 11.8 Å². The van der Waals surface area contributed by atoms with Crippen molar-refractivity contribution in [3.63, 3.8) is 0 Å². The van der Waals surface area contributed by atoms with Gasteiger partial charge in [0.15, 0.2) is 0 Å². The number of thioether (sulfide) groups is 1. The first-order valence-electron chi connectivity index (χ1n) is 8.12. The fraction of sp³-hybridized carbons (Fsp3) is 0.875. The summed E-state index contributed by atoms with van der Waals surface area (Å²) in [6.07, 6.45) is 4.54. The molecule has 0 spiro atoms. The first kappa shape index (κ1) is 21.6. The number of hydrogen-bond acceptors (Lipinski definition) is 2. The lowest BCUT2D eigenvalue weighted by molar-refractivity contribution is -0.137. The molecule has 0 aromatic rings. The third-order valence-electron chi connectivity index (χ3n) is 3.39. The van der Waals surface area contributed by atoms with Gasteiger partial charge >= 0.3 is 5.97 Å². The third-order valence-corrected chi connectivity index (χ3v) is 4.89. The molecule has 0 aromatic carbocycles. The number of aliphatic carboxylic acids is 1. The number of carboxylic acids is 1. The van der Waals surface area contributed by atoms with Gasteiger partial charge in [-0.25, -0.2) is 0 Å². The second-order valence-electron chi connectivity index (χ2n) is 5.44. The molecule has 0 aromatic heterocycles. The molecule has 2 nitrogen and oxygen atoms in total. The average molecular weight is 304 g/mol. The molecule has 0 amide bonds. The molecule has 15 heteroatoms. The van der Waals surface area contributed by atoms with E-state index in [4.69, 9.17) is 12.8 Å². The van der Waals surface area contributed by atoms with E-state index in [0.717, 1.165) is 30.2 Å². The van der Waals surface area contributed by atoms with E-state index in [0.29, 0.717) is 13.0 Å². The first-order chi connectivity index (χ1) is 11.2. The van der Waals surface area contributed by atoms with Gasteiger partial charge in [-0.1, -0.05) is 12.7 Å². The monoisotopic (exact) mass is 306 g/mol. The van der Waals surface area contributed by atoms with Gasteiger partial charge in [0.2, 0.25) is 0 Å². The summed E-state index contributed by atoms with van der Waals surface area (Å²) >= 11 is 2.03. The van der Waals surface area contributed by atoms with Gasteiger partial charge in [0, 0.05) is 84.8 Å². The molecule has 12 radical (unpaired) electrons. The largest absolute Gasteiger partial charge is 0.481 e. The molecule has 1 heterocycles. The lowest BCUT2D eigenvalue weighted by Crippen LogP contribution is -2.34. The fourth-order valence-electron chi connectivity index (χ4n) is 2.03. The van der Waals surface area contributed by atoms with Crippen LogP contribution in [-0.2, 0) is 4.79 Å². The van der Waals surface area contributed by atoms with Gasteiger partial charge in [-0.05, 0) is 23.7 Å². The Balaban J connectivity index is 1.75. The Morgan fingerprint density at radius 2 is 1.70 bits per heavy atom. The molecule has 1 saturated heterocycles. The van der Waals surface area contributed by atoms with Crippen molar-refractivity contribution in [2.45, 2.75) is 37.2 Å². The standard InChI is InChI=1S/C8H14B12O2S/c9-10-11-12-13-14-15-16-17-18-19-20-6-7(20)23-5-3-1-2-4-8(21)22/h7H,1-6H2,(H,21,22). The molecule has 1 atom stereocenters. The van der Waals surface area contributed by atoms with Gasteiger partial charge in [0.1, 0.15) is 6.60 Å². The Bertz CT molecular complexity index is 313. The van der Waals surface area contributed by atoms with E-state index in [-0.39, 0.29) is 0 Å². The summed E-state index contributed by atoms with van der Waals surface area (Å²) < 4.78 is 0. The lowest BCUT2D eigenvalue weighted by atomic mass is 8.86. The second-order valence-corrected chi connectivity index (χ2v) is 6.78. The smallest absolute Gasteiger partial charge is 0.303 e. The van der Waals surface area contributed by atoms with Crippen LogP contribution in [-0.4, -0.2) is 107 Å². The molecule has 0 bridgehead atoms. The van der Waals surface area contributed by atoms with Gasteiger partial charge in [-0.15, -0.1) is 0 Å². The molecule has 1 fully saturated rings. The van der Waals surface area contributed by atoms with E-state index in [9.17, 15) is 4.79 Å². The van der Waals surface area contributed by atoms with E-state index >= 15 is 0 Å². The molecule has 0 aliphatic carbocycles.